The Labute approximate surface area is 158 Å². The summed E-state index contributed by atoms with van der Waals surface area (Å²) >= 11 is 1.50. The molecule has 0 radical (unpaired) electrons. The molecular formula is C18H15N6O2S+. The average Bonchev–Trinajstić information content (AvgIpc) is 3.05. The third-order valence-corrected chi connectivity index (χ3v) is 4.86. The number of nitro groups is 1. The first-order valence-corrected chi connectivity index (χ1v) is 8.86. The quantitative estimate of drug-likeness (QED) is 0.475. The highest BCUT2D eigenvalue weighted by Crippen LogP contribution is 2.34. The summed E-state index contributed by atoms with van der Waals surface area (Å²) < 4.78 is 0. The van der Waals surface area contributed by atoms with Crippen LogP contribution in [0.2, 0.25) is 0 Å². The number of benzene rings is 2. The molecule has 2 heterocycles. The van der Waals surface area contributed by atoms with E-state index >= 15 is 0 Å². The van der Waals surface area contributed by atoms with E-state index < -0.39 is 4.92 Å². The molecule has 0 aliphatic carbocycles. The van der Waals surface area contributed by atoms with Gasteiger partial charge in [-0.25, -0.2) is 4.98 Å². The largest absolute Gasteiger partial charge is 0.355 e. The van der Waals surface area contributed by atoms with Gasteiger partial charge in [-0.3, -0.25) is 15.4 Å². The maximum atomic E-state index is 10.8. The van der Waals surface area contributed by atoms with Gasteiger partial charge in [0.1, 0.15) is 4.88 Å². The normalized spacial score (nSPS) is 14.2. The number of non-ortho nitro benzene ring substituents is 1. The first kappa shape index (κ1) is 16.7. The molecule has 0 amide bonds. The third kappa shape index (κ3) is 3.62. The summed E-state index contributed by atoms with van der Waals surface area (Å²) in [5.74, 6) is 0.929. The zero-order valence-electron chi connectivity index (χ0n) is 14.0. The van der Waals surface area contributed by atoms with Gasteiger partial charge in [0.25, 0.3) is 22.6 Å². The number of guanidine groups is 1. The smallest absolute Gasteiger partial charge is 0.285 e. The molecule has 2 aromatic carbocycles. The van der Waals surface area contributed by atoms with Gasteiger partial charge in [0.15, 0.2) is 0 Å². The zero-order chi connectivity index (χ0) is 18.8. The van der Waals surface area contributed by atoms with Gasteiger partial charge in [-0.2, -0.15) is 0 Å². The summed E-state index contributed by atoms with van der Waals surface area (Å²) in [4.78, 5) is 18.8. The molecule has 0 bridgehead atoms. The van der Waals surface area contributed by atoms with Crippen LogP contribution in [-0.4, -0.2) is 10.9 Å². The molecular weight excluding hydrogens is 364 g/mol. The Kier molecular flexibility index (Phi) is 4.27. The highest BCUT2D eigenvalue weighted by Gasteiger charge is 2.25. The van der Waals surface area contributed by atoms with Crippen LogP contribution < -0.4 is 21.4 Å². The summed E-state index contributed by atoms with van der Waals surface area (Å²) in [7, 11) is 0. The monoisotopic (exact) mass is 379 g/mol. The van der Waals surface area contributed by atoms with Crippen LogP contribution in [0.4, 0.5) is 22.3 Å². The summed E-state index contributed by atoms with van der Waals surface area (Å²) in [5.41, 5.74) is 8.49. The van der Waals surface area contributed by atoms with Crippen LogP contribution in [0.5, 0.6) is 0 Å². The fourth-order valence-electron chi connectivity index (χ4n) is 2.61. The van der Waals surface area contributed by atoms with Gasteiger partial charge in [0.2, 0.25) is 0 Å². The maximum Gasteiger partial charge on any atom is 0.285 e. The highest BCUT2D eigenvalue weighted by molar-refractivity contribution is 7.16. The molecule has 8 nitrogen and oxygen atoms in total. The lowest BCUT2D eigenvalue weighted by atomic mass is 10.1. The molecule has 0 spiro atoms. The van der Waals surface area contributed by atoms with Crippen molar-refractivity contribution in [2.75, 3.05) is 5.32 Å². The van der Waals surface area contributed by atoms with Crippen LogP contribution in [0.15, 0.2) is 59.6 Å². The second-order valence-electron chi connectivity index (χ2n) is 5.75. The lowest BCUT2D eigenvalue weighted by molar-refractivity contribution is -0.384. The number of anilines is 2. The lowest BCUT2D eigenvalue weighted by Gasteiger charge is -2.10. The lowest BCUT2D eigenvalue weighted by Crippen LogP contribution is -2.32. The Morgan fingerprint density at radius 2 is 1.93 bits per heavy atom. The van der Waals surface area contributed by atoms with Crippen molar-refractivity contribution in [3.8, 4) is 0 Å². The van der Waals surface area contributed by atoms with Crippen molar-refractivity contribution < 1.29 is 9.91 Å². The van der Waals surface area contributed by atoms with Gasteiger partial charge < -0.3 is 11.1 Å². The van der Waals surface area contributed by atoms with E-state index in [0.717, 1.165) is 27.0 Å². The van der Waals surface area contributed by atoms with E-state index in [0.29, 0.717) is 5.82 Å². The first-order valence-electron chi connectivity index (χ1n) is 8.04. The molecule has 27 heavy (non-hydrogen) atoms. The Balaban J connectivity index is 1.66. The number of fused-ring (bicyclic) bond motifs is 1. The van der Waals surface area contributed by atoms with Crippen molar-refractivity contribution in [2.45, 2.75) is 0 Å². The molecule has 0 atom stereocenters. The number of hydrogen-bond donors (Lipinski definition) is 3. The summed E-state index contributed by atoms with van der Waals surface area (Å²) in [6.07, 6.45) is 1.88. The number of aromatic nitrogens is 1. The summed E-state index contributed by atoms with van der Waals surface area (Å²) in [6.45, 7) is 0. The number of para-hydroxylation sites is 1. The molecule has 1 aliphatic heterocycles. The molecule has 0 fully saturated rings. The minimum absolute atomic E-state index is 0.0503. The van der Waals surface area contributed by atoms with Crippen LogP contribution in [-0.2, 0) is 0 Å². The van der Waals surface area contributed by atoms with Crippen LogP contribution in [0.25, 0.3) is 11.8 Å². The van der Waals surface area contributed by atoms with Crippen LogP contribution in [0, 0.1) is 10.1 Å². The zero-order valence-corrected chi connectivity index (χ0v) is 14.8. The predicted octanol–water partition coefficient (Wildman–Crippen LogP) is 3.26. The Hall–Kier alpha value is -3.72. The van der Waals surface area contributed by atoms with Gasteiger partial charge in [0.05, 0.1) is 16.3 Å². The molecule has 9 heteroatoms. The van der Waals surface area contributed by atoms with Crippen molar-refractivity contribution in [3.05, 3.63) is 75.2 Å². The van der Waals surface area contributed by atoms with E-state index in [4.69, 9.17) is 5.73 Å². The third-order valence-electron chi connectivity index (χ3n) is 3.84. The van der Waals surface area contributed by atoms with Crippen molar-refractivity contribution in [2.24, 2.45) is 10.7 Å². The van der Waals surface area contributed by atoms with Crippen molar-refractivity contribution in [1.82, 2.24) is 5.32 Å². The molecule has 1 aliphatic rings. The molecule has 134 valence electrons. The second kappa shape index (κ2) is 6.89. The molecule has 0 saturated carbocycles. The Bertz CT molecular complexity index is 1060. The van der Waals surface area contributed by atoms with Gasteiger partial charge >= 0.3 is 0 Å². The van der Waals surface area contributed by atoms with E-state index in [1.165, 1.54) is 23.5 Å². The van der Waals surface area contributed by atoms with E-state index in [1.807, 2.05) is 36.4 Å². The van der Waals surface area contributed by atoms with Crippen molar-refractivity contribution in [3.63, 3.8) is 0 Å². The number of H-pyrrole nitrogens is 1. The van der Waals surface area contributed by atoms with Gasteiger partial charge in [-0.15, -0.1) is 0 Å². The standard InChI is InChI=1S/C18H14N6O2S/c19-17-21-14(10-11-6-8-13(9-7-11)24(25)26)15-16(22-17)23-18(27-15)20-12-4-2-1-3-5-12/h1-10H,(H,20,23)(H3,19,21,22)/p+1/b14-10+. The minimum atomic E-state index is -0.422. The fraction of sp³-hybridized carbons (Fsp3) is 0. The second-order valence-corrected chi connectivity index (χ2v) is 6.77. The summed E-state index contributed by atoms with van der Waals surface area (Å²) in [6, 6.07) is 16.1. The fourth-order valence-corrected chi connectivity index (χ4v) is 3.55. The number of nitrogens with zero attached hydrogens (tertiary/aromatic N) is 2. The number of thiazole rings is 1. The van der Waals surface area contributed by atoms with E-state index in [-0.39, 0.29) is 11.6 Å². The number of aliphatic imine (C=N–C) groups is 1. The molecule has 4 rings (SSSR count). The first-order chi connectivity index (χ1) is 13.1. The van der Waals surface area contributed by atoms with Crippen molar-refractivity contribution >= 4 is 51.4 Å². The minimum Gasteiger partial charge on any atom is -0.355 e. The molecule has 5 N–H and O–H groups in total. The van der Waals surface area contributed by atoms with Crippen molar-refractivity contribution in [1.29, 1.82) is 0 Å². The Morgan fingerprint density at radius 3 is 2.63 bits per heavy atom. The van der Waals surface area contributed by atoms with Crippen LogP contribution in [0.1, 0.15) is 10.4 Å². The van der Waals surface area contributed by atoms with Crippen LogP contribution in [0.3, 0.4) is 0 Å². The van der Waals surface area contributed by atoms with Gasteiger partial charge in [0, 0.05) is 12.1 Å². The Morgan fingerprint density at radius 1 is 1.19 bits per heavy atom. The number of hydrogen-bond acceptors (Lipinski definition) is 7. The van der Waals surface area contributed by atoms with E-state index in [1.54, 1.807) is 12.1 Å². The molecule has 0 unspecified atom stereocenters. The molecule has 0 saturated heterocycles. The number of nitro benzene ring substituents is 1. The predicted molar refractivity (Wildman–Crippen MR) is 106 cm³/mol. The van der Waals surface area contributed by atoms with E-state index in [2.05, 4.69) is 20.6 Å². The molecule has 1 aromatic heterocycles. The van der Waals surface area contributed by atoms with Gasteiger partial charge in [-0.05, 0) is 35.9 Å². The SMILES string of the molecule is NC1=Nc2[nH+]c(Nc3ccccc3)sc2/C(=C\c2ccc([N+](=O)[O-])cc2)N1. The number of rotatable bonds is 4. The van der Waals surface area contributed by atoms with Crippen LogP contribution >= 0.6 is 11.3 Å². The number of nitrogens with one attached hydrogen (secondary N) is 3. The highest BCUT2D eigenvalue weighted by atomic mass is 32.1. The maximum absolute atomic E-state index is 10.8. The topological polar surface area (TPSA) is 120 Å². The average molecular weight is 379 g/mol. The van der Waals surface area contributed by atoms with Gasteiger partial charge in [-0.1, -0.05) is 34.5 Å². The van der Waals surface area contributed by atoms with E-state index in [9.17, 15) is 10.1 Å². The molecule has 3 aromatic rings. The summed E-state index contributed by atoms with van der Waals surface area (Å²) in [5, 5.41) is 18.0. The number of aromatic amines is 1. The number of nitrogens with two attached hydrogens (primary N) is 1.